The predicted molar refractivity (Wildman–Crippen MR) is 152 cm³/mol. The third kappa shape index (κ3) is 7.21. The van der Waals surface area contributed by atoms with Crippen molar-refractivity contribution in [2.24, 2.45) is 0 Å². The van der Waals surface area contributed by atoms with Gasteiger partial charge in [0, 0.05) is 30.4 Å². The molecular weight excluding hydrogens is 582 g/mol. The number of anilines is 2. The number of carbonyl (C=O) groups is 2. The minimum Gasteiger partial charge on any atom is -0.353 e. The first-order valence-corrected chi connectivity index (χ1v) is 14.9. The Bertz CT molecular complexity index is 1590. The number of carbonyl (C=O) groups excluding carboxylic acids is 2. The van der Waals surface area contributed by atoms with Crippen LogP contribution in [-0.4, -0.2) is 48.5 Å². The molecule has 0 spiro atoms. The summed E-state index contributed by atoms with van der Waals surface area (Å²) >= 11 is 12.4. The molecule has 2 heterocycles. The van der Waals surface area contributed by atoms with E-state index in [9.17, 15) is 27.2 Å². The minimum atomic E-state index is -3.83. The van der Waals surface area contributed by atoms with Crippen LogP contribution in [0.2, 0.25) is 10.0 Å². The molecule has 0 atom stereocenters. The Morgan fingerprint density at radius 3 is 2.35 bits per heavy atom. The number of rotatable bonds is 8. The Hall–Kier alpha value is -3.41. The van der Waals surface area contributed by atoms with Gasteiger partial charge in [0.05, 0.1) is 27.7 Å². The van der Waals surface area contributed by atoms with E-state index in [1.54, 1.807) is 35.2 Å². The van der Waals surface area contributed by atoms with Gasteiger partial charge in [0.1, 0.15) is 12.4 Å². The summed E-state index contributed by atoms with van der Waals surface area (Å²) in [6.45, 7) is 1.58. The zero-order chi connectivity index (χ0) is 29.0. The van der Waals surface area contributed by atoms with Crippen LogP contribution in [0.3, 0.4) is 0 Å². The first kappa shape index (κ1) is 29.6. The van der Waals surface area contributed by atoms with Crippen LogP contribution in [0.1, 0.15) is 41.6 Å². The summed E-state index contributed by atoms with van der Waals surface area (Å²) in [6, 6.07) is 12.2. The number of benzene rings is 2. The number of piperidine rings is 1. The number of amides is 2. The normalized spacial score (nSPS) is 14.2. The molecule has 2 amide bonds. The number of aromatic nitrogens is 1. The van der Waals surface area contributed by atoms with Crippen molar-refractivity contribution in [1.29, 1.82) is 0 Å². The van der Waals surface area contributed by atoms with E-state index in [4.69, 9.17) is 23.2 Å². The largest absolute Gasteiger partial charge is 0.353 e. The molecule has 2 aromatic carbocycles. The van der Waals surface area contributed by atoms with Gasteiger partial charge in [0.2, 0.25) is 10.0 Å². The van der Waals surface area contributed by atoms with Gasteiger partial charge in [-0.25, -0.2) is 12.8 Å². The number of halogens is 3. The summed E-state index contributed by atoms with van der Waals surface area (Å²) in [7, 11) is -3.83. The van der Waals surface area contributed by atoms with Crippen molar-refractivity contribution in [2.45, 2.75) is 32.2 Å². The Morgan fingerprint density at radius 2 is 1.70 bits per heavy atom. The number of sulfonamides is 1. The second-order valence-corrected chi connectivity index (χ2v) is 12.2. The lowest BCUT2D eigenvalue weighted by atomic mass is 9.89. The highest BCUT2D eigenvalue weighted by Crippen LogP contribution is 2.32. The molecule has 3 aromatic rings. The summed E-state index contributed by atoms with van der Waals surface area (Å²) in [5.41, 5.74) is 0.950. The lowest BCUT2D eigenvalue weighted by Crippen LogP contribution is -2.40. The minimum absolute atomic E-state index is 0.0852. The quantitative estimate of drug-likeness (QED) is 0.388. The first-order valence-electron chi connectivity index (χ1n) is 12.5. The second-order valence-electron chi connectivity index (χ2n) is 9.36. The summed E-state index contributed by atoms with van der Waals surface area (Å²) in [4.78, 5) is 40.6. The molecule has 0 bridgehead atoms. The third-order valence-electron chi connectivity index (χ3n) is 6.64. The van der Waals surface area contributed by atoms with Gasteiger partial charge in [0.25, 0.3) is 17.4 Å². The van der Waals surface area contributed by atoms with Crippen LogP contribution in [0.4, 0.5) is 15.8 Å². The molecule has 1 aromatic heterocycles. The Morgan fingerprint density at radius 1 is 1.02 bits per heavy atom. The maximum atomic E-state index is 13.7. The second kappa shape index (κ2) is 12.4. The highest BCUT2D eigenvalue weighted by Gasteiger charge is 2.27. The molecule has 13 heteroatoms. The molecule has 2 N–H and O–H groups in total. The third-order valence-corrected chi connectivity index (χ3v) is 8.50. The van der Waals surface area contributed by atoms with Gasteiger partial charge in [-0.15, -0.1) is 0 Å². The van der Waals surface area contributed by atoms with E-state index in [1.165, 1.54) is 25.3 Å². The molecule has 40 heavy (non-hydrogen) atoms. The number of pyridine rings is 1. The Kier molecular flexibility index (Phi) is 9.17. The molecule has 212 valence electrons. The van der Waals surface area contributed by atoms with Crippen molar-refractivity contribution in [2.75, 3.05) is 24.2 Å². The van der Waals surface area contributed by atoms with E-state index in [0.29, 0.717) is 41.7 Å². The molecule has 9 nitrogen and oxygen atoms in total. The molecule has 4 rings (SSSR count). The first-order chi connectivity index (χ1) is 19.0. The lowest BCUT2D eigenvalue weighted by molar-refractivity contribution is -0.119. The van der Waals surface area contributed by atoms with Crippen LogP contribution < -0.4 is 15.6 Å². The predicted octanol–water partition coefficient (Wildman–Crippen LogP) is 4.52. The molecule has 1 aliphatic rings. The molecule has 1 aliphatic heterocycles. The molecular formula is C27H27Cl2FN4O5S. The van der Waals surface area contributed by atoms with Crippen molar-refractivity contribution in [3.63, 3.8) is 0 Å². The number of nitrogens with one attached hydrogen (secondary N) is 2. The summed E-state index contributed by atoms with van der Waals surface area (Å²) in [5, 5.41) is 3.68. The summed E-state index contributed by atoms with van der Waals surface area (Å²) in [6.07, 6.45) is 2.53. The van der Waals surface area contributed by atoms with E-state index in [2.05, 4.69) is 5.32 Å². The van der Waals surface area contributed by atoms with Crippen LogP contribution in [-0.2, 0) is 21.4 Å². The highest BCUT2D eigenvalue weighted by molar-refractivity contribution is 7.90. The van der Waals surface area contributed by atoms with Gasteiger partial charge in [-0.3, -0.25) is 19.1 Å². The molecule has 1 fully saturated rings. The molecule has 0 unspecified atom stereocenters. The van der Waals surface area contributed by atoms with Crippen molar-refractivity contribution in [3.8, 4) is 0 Å². The van der Waals surface area contributed by atoms with Gasteiger partial charge in [0.15, 0.2) is 0 Å². The number of nitrogens with zero attached hydrogens (tertiary/aromatic N) is 2. The molecule has 0 radical (unpaired) electrons. The van der Waals surface area contributed by atoms with Crippen molar-refractivity contribution in [1.82, 2.24) is 14.2 Å². The van der Waals surface area contributed by atoms with Crippen LogP contribution in [0, 0.1) is 5.82 Å². The fourth-order valence-electron chi connectivity index (χ4n) is 4.46. The van der Waals surface area contributed by atoms with Crippen molar-refractivity contribution in [3.05, 3.63) is 92.1 Å². The smallest absolute Gasteiger partial charge is 0.257 e. The fourth-order valence-corrected chi connectivity index (χ4v) is 5.36. The van der Waals surface area contributed by atoms with Gasteiger partial charge >= 0.3 is 0 Å². The van der Waals surface area contributed by atoms with E-state index in [-0.39, 0.29) is 28.7 Å². The Labute approximate surface area is 240 Å². The summed E-state index contributed by atoms with van der Waals surface area (Å²) in [5.74, 6) is -1.78. The van der Waals surface area contributed by atoms with Gasteiger partial charge in [-0.2, -0.15) is 0 Å². The number of likely N-dealkylation sites (tertiary alicyclic amines) is 1. The maximum absolute atomic E-state index is 13.7. The zero-order valence-electron chi connectivity index (χ0n) is 21.5. The monoisotopic (exact) mass is 608 g/mol. The van der Waals surface area contributed by atoms with E-state index >= 15 is 0 Å². The zero-order valence-corrected chi connectivity index (χ0v) is 23.8. The van der Waals surface area contributed by atoms with Crippen LogP contribution in [0.5, 0.6) is 0 Å². The van der Waals surface area contributed by atoms with Crippen molar-refractivity contribution < 1.29 is 22.4 Å². The maximum Gasteiger partial charge on any atom is 0.257 e. The van der Waals surface area contributed by atoms with Crippen molar-refractivity contribution >= 4 is 56.4 Å². The summed E-state index contributed by atoms with van der Waals surface area (Å²) < 4.78 is 39.8. The topological polar surface area (TPSA) is 118 Å². The number of hydrogen-bond donors (Lipinski definition) is 2. The average molecular weight is 610 g/mol. The van der Waals surface area contributed by atoms with E-state index in [0.717, 1.165) is 16.2 Å². The molecule has 0 aliphatic carbocycles. The molecule has 0 saturated carbocycles. The lowest BCUT2D eigenvalue weighted by Gasteiger charge is -2.33. The standard InChI is InChI=1S/C27H27Cl2FN4O5S/c1-2-40(38,39)32-25(35)16-34-15-21(23(14-26(34)36)31-24-13-19(28)5-8-22(24)29)27(37)33-11-9-18(10-12-33)17-3-6-20(30)7-4-17/h3-8,13-15,18,31H,2,9-12,16H2,1H3,(H,32,35). The van der Waals surface area contributed by atoms with Crippen LogP contribution in [0.15, 0.2) is 59.5 Å². The fraction of sp³-hybridized carbons (Fsp3) is 0.296. The van der Waals surface area contributed by atoms with E-state index < -0.39 is 33.9 Å². The highest BCUT2D eigenvalue weighted by atomic mass is 35.5. The SMILES string of the molecule is CCS(=O)(=O)NC(=O)Cn1cc(C(=O)N2CCC(c3ccc(F)cc3)CC2)c(Nc2cc(Cl)ccc2Cl)cc1=O. The average Bonchev–Trinajstić information content (AvgIpc) is 2.92. The van der Waals surface area contributed by atoms with Gasteiger partial charge in [-0.05, 0) is 61.6 Å². The molecule has 1 saturated heterocycles. The number of hydrogen-bond acceptors (Lipinski definition) is 6. The van der Waals surface area contributed by atoms with Crippen LogP contribution >= 0.6 is 23.2 Å². The van der Waals surface area contributed by atoms with E-state index in [1.807, 2.05) is 4.72 Å². The van der Waals surface area contributed by atoms with Gasteiger partial charge in [-0.1, -0.05) is 35.3 Å². The Balaban J connectivity index is 1.63. The van der Waals surface area contributed by atoms with Gasteiger partial charge < -0.3 is 14.8 Å². The van der Waals surface area contributed by atoms with Crippen LogP contribution in [0.25, 0.3) is 0 Å².